The van der Waals surface area contributed by atoms with Crippen LogP contribution in [0.2, 0.25) is 5.15 Å². The van der Waals surface area contributed by atoms with Gasteiger partial charge in [0.1, 0.15) is 11.0 Å². The lowest BCUT2D eigenvalue weighted by Crippen LogP contribution is -2.56. The Morgan fingerprint density at radius 3 is 2.73 bits per heavy atom. The van der Waals surface area contributed by atoms with Crippen molar-refractivity contribution in [3.05, 3.63) is 29.4 Å². The van der Waals surface area contributed by atoms with E-state index >= 15 is 0 Å². The summed E-state index contributed by atoms with van der Waals surface area (Å²) < 4.78 is 1.86. The Hall–Kier alpha value is -1.26. The second kappa shape index (κ2) is 3.12. The van der Waals surface area contributed by atoms with Gasteiger partial charge in [-0.25, -0.2) is 4.52 Å². The van der Waals surface area contributed by atoms with Gasteiger partial charge in [0.25, 0.3) is 0 Å². The van der Waals surface area contributed by atoms with Gasteiger partial charge in [-0.15, -0.1) is 0 Å². The fourth-order valence-corrected chi connectivity index (χ4v) is 2.03. The fourth-order valence-electron chi connectivity index (χ4n) is 1.89. The molecule has 3 heterocycles. The molecule has 0 spiro atoms. The summed E-state index contributed by atoms with van der Waals surface area (Å²) in [5.41, 5.74) is 6.80. The number of anilines is 1. The van der Waals surface area contributed by atoms with Crippen molar-refractivity contribution >= 4 is 22.9 Å². The summed E-state index contributed by atoms with van der Waals surface area (Å²) in [6, 6.07) is 8.11. The summed E-state index contributed by atoms with van der Waals surface area (Å²) in [5.74, 6) is 1.06. The average Bonchev–Trinajstić information content (AvgIpc) is 2.56. The SMILES string of the molecule is NC1CN(c2ccc3ccc(Cl)nn23)C1. The standard InChI is InChI=1S/C10H11ClN4/c11-9-3-1-8-2-4-10(15(8)13-9)14-5-7(12)6-14/h1-4,7H,5-6,12H2. The van der Waals surface area contributed by atoms with Crippen LogP contribution in [0.15, 0.2) is 24.3 Å². The van der Waals surface area contributed by atoms with Crippen LogP contribution in [0.3, 0.4) is 0 Å². The van der Waals surface area contributed by atoms with Crippen molar-refractivity contribution in [3.63, 3.8) is 0 Å². The predicted octanol–water partition coefficient (Wildman–Crippen LogP) is 1.13. The first-order chi connectivity index (χ1) is 7.24. The van der Waals surface area contributed by atoms with Gasteiger partial charge in [0.2, 0.25) is 0 Å². The van der Waals surface area contributed by atoms with Crippen LogP contribution in [0.4, 0.5) is 5.82 Å². The van der Waals surface area contributed by atoms with Crippen LogP contribution in [-0.2, 0) is 0 Å². The monoisotopic (exact) mass is 222 g/mol. The molecule has 2 aromatic rings. The number of nitrogens with two attached hydrogens (primary N) is 1. The molecule has 78 valence electrons. The number of halogens is 1. The van der Waals surface area contributed by atoms with Gasteiger partial charge in [0, 0.05) is 19.1 Å². The third-order valence-electron chi connectivity index (χ3n) is 2.69. The first kappa shape index (κ1) is 9.00. The highest BCUT2D eigenvalue weighted by Crippen LogP contribution is 2.23. The molecule has 3 rings (SSSR count). The van der Waals surface area contributed by atoms with Gasteiger partial charge in [-0.1, -0.05) is 11.6 Å². The Kier molecular flexibility index (Phi) is 1.87. The van der Waals surface area contributed by atoms with Gasteiger partial charge < -0.3 is 10.6 Å². The third kappa shape index (κ3) is 1.37. The Labute approximate surface area is 92.2 Å². The van der Waals surface area contributed by atoms with E-state index in [0.717, 1.165) is 24.4 Å². The second-order valence-electron chi connectivity index (χ2n) is 3.85. The maximum absolute atomic E-state index is 5.87. The smallest absolute Gasteiger partial charge is 0.150 e. The van der Waals surface area contributed by atoms with Crippen molar-refractivity contribution in [2.45, 2.75) is 6.04 Å². The molecule has 0 amide bonds. The lowest BCUT2D eigenvalue weighted by atomic mass is 10.1. The van der Waals surface area contributed by atoms with Gasteiger partial charge in [0.05, 0.1) is 5.52 Å². The number of fused-ring (bicyclic) bond motifs is 1. The van der Waals surface area contributed by atoms with E-state index in [4.69, 9.17) is 17.3 Å². The summed E-state index contributed by atoms with van der Waals surface area (Å²) in [4.78, 5) is 2.20. The molecular weight excluding hydrogens is 212 g/mol. The van der Waals surface area contributed by atoms with Crippen molar-refractivity contribution in [3.8, 4) is 0 Å². The molecule has 0 aliphatic carbocycles. The maximum atomic E-state index is 5.87. The zero-order valence-electron chi connectivity index (χ0n) is 8.10. The lowest BCUT2D eigenvalue weighted by Gasteiger charge is -2.37. The van der Waals surface area contributed by atoms with Crippen molar-refractivity contribution in [1.82, 2.24) is 9.61 Å². The van der Waals surface area contributed by atoms with Gasteiger partial charge in [-0.05, 0) is 24.3 Å². The molecule has 2 N–H and O–H groups in total. The topological polar surface area (TPSA) is 46.6 Å². The molecule has 0 saturated carbocycles. The number of aromatic nitrogens is 2. The Morgan fingerprint density at radius 1 is 1.27 bits per heavy atom. The molecular formula is C10H11ClN4. The van der Waals surface area contributed by atoms with E-state index in [1.54, 1.807) is 6.07 Å². The molecule has 0 atom stereocenters. The quantitative estimate of drug-likeness (QED) is 0.787. The molecule has 0 unspecified atom stereocenters. The van der Waals surface area contributed by atoms with Crippen molar-refractivity contribution < 1.29 is 0 Å². The van der Waals surface area contributed by atoms with Crippen LogP contribution < -0.4 is 10.6 Å². The summed E-state index contributed by atoms with van der Waals surface area (Å²) in [5, 5.41) is 4.77. The van der Waals surface area contributed by atoms with Crippen LogP contribution in [0.25, 0.3) is 5.52 Å². The second-order valence-corrected chi connectivity index (χ2v) is 4.24. The minimum absolute atomic E-state index is 0.287. The highest BCUT2D eigenvalue weighted by Gasteiger charge is 2.25. The molecule has 0 radical (unpaired) electrons. The van der Waals surface area contributed by atoms with Crippen molar-refractivity contribution in [1.29, 1.82) is 0 Å². The van der Waals surface area contributed by atoms with E-state index in [-0.39, 0.29) is 6.04 Å². The normalized spacial score (nSPS) is 17.1. The van der Waals surface area contributed by atoms with E-state index in [9.17, 15) is 0 Å². The zero-order chi connectivity index (χ0) is 10.4. The third-order valence-corrected chi connectivity index (χ3v) is 2.89. The lowest BCUT2D eigenvalue weighted by molar-refractivity contribution is 0.510. The molecule has 1 aliphatic rings. The van der Waals surface area contributed by atoms with Gasteiger partial charge in [-0.3, -0.25) is 0 Å². The van der Waals surface area contributed by atoms with Crippen LogP contribution >= 0.6 is 11.6 Å². The van der Waals surface area contributed by atoms with Crippen LogP contribution in [-0.4, -0.2) is 28.7 Å². The molecule has 1 aliphatic heterocycles. The minimum atomic E-state index is 0.287. The molecule has 15 heavy (non-hydrogen) atoms. The van der Waals surface area contributed by atoms with E-state index in [0.29, 0.717) is 5.15 Å². The first-order valence-electron chi connectivity index (χ1n) is 4.89. The van der Waals surface area contributed by atoms with Crippen LogP contribution in [0.1, 0.15) is 0 Å². The molecule has 5 heteroatoms. The Bertz CT molecular complexity index is 501. The molecule has 1 fully saturated rings. The minimum Gasteiger partial charge on any atom is -0.353 e. The van der Waals surface area contributed by atoms with Crippen molar-refractivity contribution in [2.24, 2.45) is 5.73 Å². The Balaban J connectivity index is 2.07. The van der Waals surface area contributed by atoms with Gasteiger partial charge >= 0.3 is 0 Å². The van der Waals surface area contributed by atoms with E-state index < -0.39 is 0 Å². The zero-order valence-corrected chi connectivity index (χ0v) is 8.85. The average molecular weight is 223 g/mol. The number of hydrogen-bond acceptors (Lipinski definition) is 3. The highest BCUT2D eigenvalue weighted by molar-refractivity contribution is 6.29. The highest BCUT2D eigenvalue weighted by atomic mass is 35.5. The maximum Gasteiger partial charge on any atom is 0.150 e. The summed E-state index contributed by atoms with van der Waals surface area (Å²) >= 11 is 5.87. The van der Waals surface area contributed by atoms with Gasteiger partial charge in [0.15, 0.2) is 0 Å². The van der Waals surface area contributed by atoms with Crippen LogP contribution in [0, 0.1) is 0 Å². The summed E-state index contributed by atoms with van der Waals surface area (Å²) in [6.07, 6.45) is 0. The van der Waals surface area contributed by atoms with Crippen LogP contribution in [0.5, 0.6) is 0 Å². The fraction of sp³-hybridized carbons (Fsp3) is 0.300. The first-order valence-corrected chi connectivity index (χ1v) is 5.27. The van der Waals surface area contributed by atoms with E-state index in [1.807, 2.05) is 22.7 Å². The van der Waals surface area contributed by atoms with Crippen molar-refractivity contribution in [2.75, 3.05) is 18.0 Å². The number of hydrogen-bond donors (Lipinski definition) is 1. The number of rotatable bonds is 1. The molecule has 0 bridgehead atoms. The summed E-state index contributed by atoms with van der Waals surface area (Å²) in [6.45, 7) is 1.78. The predicted molar refractivity (Wildman–Crippen MR) is 60.4 cm³/mol. The largest absolute Gasteiger partial charge is 0.353 e. The van der Waals surface area contributed by atoms with E-state index in [2.05, 4.69) is 10.00 Å². The molecule has 0 aromatic carbocycles. The number of nitrogens with zero attached hydrogens (tertiary/aromatic N) is 3. The molecule has 1 saturated heterocycles. The Morgan fingerprint density at radius 2 is 2.00 bits per heavy atom. The van der Waals surface area contributed by atoms with E-state index in [1.165, 1.54) is 0 Å². The van der Waals surface area contributed by atoms with Gasteiger partial charge in [-0.2, -0.15) is 5.10 Å². The summed E-state index contributed by atoms with van der Waals surface area (Å²) in [7, 11) is 0. The molecule has 2 aromatic heterocycles. The molecule has 4 nitrogen and oxygen atoms in total.